The van der Waals surface area contributed by atoms with E-state index in [1.54, 1.807) is 23.9 Å². The fraction of sp³-hybridized carbons (Fsp3) is 0.300. The molecular weight excluding hydrogens is 524 g/mol. The van der Waals surface area contributed by atoms with Gasteiger partial charge >= 0.3 is 0 Å². The molecule has 1 amide bonds. The summed E-state index contributed by atoms with van der Waals surface area (Å²) in [6.45, 7) is 4.83. The molecule has 206 valence electrons. The van der Waals surface area contributed by atoms with E-state index in [9.17, 15) is 14.9 Å². The molecule has 40 heavy (non-hydrogen) atoms. The van der Waals surface area contributed by atoms with E-state index < -0.39 is 4.92 Å². The molecule has 1 saturated heterocycles. The number of nitro benzene ring substituents is 1. The number of hydrogen-bond acceptors (Lipinski definition) is 7. The highest BCUT2D eigenvalue weighted by Gasteiger charge is 2.22. The van der Waals surface area contributed by atoms with E-state index in [0.29, 0.717) is 19.5 Å². The number of carbonyl (C=O) groups is 1. The van der Waals surface area contributed by atoms with E-state index in [0.717, 1.165) is 59.6 Å². The first-order chi connectivity index (χ1) is 19.5. The zero-order valence-corrected chi connectivity index (χ0v) is 23.3. The van der Waals surface area contributed by atoms with Crippen molar-refractivity contribution < 1.29 is 9.72 Å². The molecule has 9 nitrogen and oxygen atoms in total. The number of para-hydroxylation sites is 1. The Morgan fingerprint density at radius 3 is 2.25 bits per heavy atom. The van der Waals surface area contributed by atoms with Gasteiger partial charge in [0.15, 0.2) is 11.0 Å². The predicted molar refractivity (Wildman–Crippen MR) is 158 cm³/mol. The van der Waals surface area contributed by atoms with Crippen molar-refractivity contribution in [2.45, 2.75) is 31.3 Å². The minimum atomic E-state index is -0.393. The molecular formula is C30H32N6O3S. The van der Waals surface area contributed by atoms with Gasteiger partial charge in [-0.2, -0.15) is 0 Å². The third-order valence-electron chi connectivity index (χ3n) is 7.03. The van der Waals surface area contributed by atoms with Crippen LogP contribution in [0.15, 0.2) is 84.0 Å². The molecule has 0 unspecified atom stereocenters. The summed E-state index contributed by atoms with van der Waals surface area (Å²) >= 11 is 1.66. The van der Waals surface area contributed by atoms with Crippen LogP contribution in [0.3, 0.4) is 0 Å². The van der Waals surface area contributed by atoms with E-state index >= 15 is 0 Å². The third-order valence-corrected chi connectivity index (χ3v) is 8.05. The molecule has 0 bridgehead atoms. The lowest BCUT2D eigenvalue weighted by Gasteiger charge is -2.36. The number of hydrogen-bond donors (Lipinski definition) is 0. The number of non-ortho nitro benzene ring substituents is 1. The maximum absolute atomic E-state index is 12.8. The second-order valence-corrected chi connectivity index (χ2v) is 10.9. The van der Waals surface area contributed by atoms with E-state index in [-0.39, 0.29) is 11.6 Å². The molecule has 1 aliphatic rings. The lowest BCUT2D eigenvalue weighted by molar-refractivity contribution is -0.384. The Labute approximate surface area is 238 Å². The first-order valence-corrected chi connectivity index (χ1v) is 14.5. The number of anilines is 1. The molecule has 2 heterocycles. The minimum Gasteiger partial charge on any atom is -0.368 e. The van der Waals surface area contributed by atoms with Gasteiger partial charge in [-0.15, -0.1) is 10.2 Å². The van der Waals surface area contributed by atoms with Crippen LogP contribution in [-0.4, -0.2) is 62.4 Å². The van der Waals surface area contributed by atoms with Crippen LogP contribution in [0.25, 0.3) is 17.1 Å². The summed E-state index contributed by atoms with van der Waals surface area (Å²) in [6, 6.07) is 25.1. The maximum atomic E-state index is 12.8. The average Bonchev–Trinajstić information content (AvgIpc) is 3.41. The summed E-state index contributed by atoms with van der Waals surface area (Å²) in [4.78, 5) is 27.4. The van der Waals surface area contributed by atoms with Crippen LogP contribution in [0.4, 0.5) is 11.4 Å². The average molecular weight is 557 g/mol. The standard InChI is InChI=1S/C30H32N6O3S/c1-23-10-12-24(13-11-23)29-31-32-30(35(29)26-7-3-2-4-8-26)40-22-6-5-9-28(37)34-20-18-33(19-21-34)25-14-16-27(17-15-25)36(38)39/h2-4,7-8,10-17H,5-6,9,18-22H2,1H3. The molecule has 10 heteroatoms. The van der Waals surface area contributed by atoms with E-state index in [1.165, 1.54) is 17.7 Å². The van der Waals surface area contributed by atoms with Crippen molar-refractivity contribution in [3.63, 3.8) is 0 Å². The maximum Gasteiger partial charge on any atom is 0.269 e. The highest BCUT2D eigenvalue weighted by molar-refractivity contribution is 7.99. The predicted octanol–water partition coefficient (Wildman–Crippen LogP) is 5.76. The van der Waals surface area contributed by atoms with Crippen molar-refractivity contribution in [3.8, 4) is 17.1 Å². The Balaban J connectivity index is 1.11. The van der Waals surface area contributed by atoms with Gasteiger partial charge < -0.3 is 9.80 Å². The summed E-state index contributed by atoms with van der Waals surface area (Å²) in [5, 5.41) is 20.8. The Kier molecular flexibility index (Phi) is 8.75. The zero-order valence-electron chi connectivity index (χ0n) is 22.5. The first kappa shape index (κ1) is 27.4. The largest absolute Gasteiger partial charge is 0.368 e. The molecule has 0 spiro atoms. The first-order valence-electron chi connectivity index (χ1n) is 13.5. The van der Waals surface area contributed by atoms with Crippen LogP contribution in [0.5, 0.6) is 0 Å². The van der Waals surface area contributed by atoms with Crippen LogP contribution in [0.2, 0.25) is 0 Å². The molecule has 0 N–H and O–H groups in total. The second-order valence-electron chi connectivity index (χ2n) is 9.79. The molecule has 1 aromatic heterocycles. The minimum absolute atomic E-state index is 0.0859. The third kappa shape index (κ3) is 6.51. The molecule has 0 saturated carbocycles. The van der Waals surface area contributed by atoms with Crippen molar-refractivity contribution in [2.24, 2.45) is 0 Å². The molecule has 5 rings (SSSR count). The Hall–Kier alpha value is -4.18. The number of carbonyl (C=O) groups excluding carboxylic acids is 1. The van der Waals surface area contributed by atoms with E-state index in [4.69, 9.17) is 0 Å². The number of nitrogens with zero attached hydrogens (tertiary/aromatic N) is 6. The molecule has 1 aliphatic heterocycles. The van der Waals surface area contributed by atoms with Crippen molar-refractivity contribution in [3.05, 3.63) is 94.5 Å². The second kappa shape index (κ2) is 12.8. The van der Waals surface area contributed by atoms with Gasteiger partial charge in [-0.05, 0) is 44.0 Å². The van der Waals surface area contributed by atoms with Crippen LogP contribution >= 0.6 is 11.8 Å². The summed E-state index contributed by atoms with van der Waals surface area (Å²) in [5.74, 6) is 1.85. The summed E-state index contributed by atoms with van der Waals surface area (Å²) in [5.41, 5.74) is 4.28. The monoisotopic (exact) mass is 556 g/mol. The fourth-order valence-electron chi connectivity index (χ4n) is 4.76. The van der Waals surface area contributed by atoms with Crippen LogP contribution in [0, 0.1) is 17.0 Å². The van der Waals surface area contributed by atoms with Crippen LogP contribution in [-0.2, 0) is 4.79 Å². The van der Waals surface area contributed by atoms with Gasteiger partial charge in [-0.25, -0.2) is 0 Å². The van der Waals surface area contributed by atoms with Crippen molar-refractivity contribution >= 4 is 29.0 Å². The molecule has 1 fully saturated rings. The number of nitro groups is 1. The number of thioether (sulfide) groups is 1. The SMILES string of the molecule is Cc1ccc(-c2nnc(SCCCCC(=O)N3CCN(c4ccc([N+](=O)[O-])cc4)CC3)n2-c2ccccc2)cc1. The van der Waals surface area contributed by atoms with Gasteiger partial charge in [-0.3, -0.25) is 19.5 Å². The van der Waals surface area contributed by atoms with E-state index in [1.807, 2.05) is 23.1 Å². The lowest BCUT2D eigenvalue weighted by Crippen LogP contribution is -2.48. The number of benzene rings is 3. The summed E-state index contributed by atoms with van der Waals surface area (Å²) in [7, 11) is 0. The van der Waals surface area contributed by atoms with Gasteiger partial charge in [-0.1, -0.05) is 59.8 Å². The van der Waals surface area contributed by atoms with Crippen molar-refractivity contribution in [2.75, 3.05) is 36.8 Å². The van der Waals surface area contributed by atoms with Crippen molar-refractivity contribution in [1.82, 2.24) is 19.7 Å². The quantitative estimate of drug-likeness (QED) is 0.106. The Morgan fingerprint density at radius 2 is 1.57 bits per heavy atom. The highest BCUT2D eigenvalue weighted by Crippen LogP contribution is 2.29. The van der Waals surface area contributed by atoms with Crippen LogP contribution in [0.1, 0.15) is 24.8 Å². The number of unbranched alkanes of at least 4 members (excludes halogenated alkanes) is 1. The van der Waals surface area contributed by atoms with Crippen molar-refractivity contribution in [1.29, 1.82) is 0 Å². The van der Waals surface area contributed by atoms with Gasteiger partial charge in [0.25, 0.3) is 5.69 Å². The Bertz CT molecular complexity index is 1430. The number of aryl methyl sites for hydroxylation is 1. The molecule has 0 aliphatic carbocycles. The van der Waals surface area contributed by atoms with E-state index in [2.05, 4.69) is 63.0 Å². The zero-order chi connectivity index (χ0) is 27.9. The smallest absolute Gasteiger partial charge is 0.269 e. The topological polar surface area (TPSA) is 97.4 Å². The number of aromatic nitrogens is 3. The number of amides is 1. The fourth-order valence-corrected chi connectivity index (χ4v) is 5.71. The number of rotatable bonds is 10. The summed E-state index contributed by atoms with van der Waals surface area (Å²) < 4.78 is 2.10. The highest BCUT2D eigenvalue weighted by atomic mass is 32.2. The van der Waals surface area contributed by atoms with Gasteiger partial charge in [0, 0.05) is 67.4 Å². The molecule has 3 aromatic carbocycles. The summed E-state index contributed by atoms with van der Waals surface area (Å²) in [6.07, 6.45) is 2.25. The molecule has 0 atom stereocenters. The normalized spacial score (nSPS) is 13.4. The van der Waals surface area contributed by atoms with Gasteiger partial charge in [0.05, 0.1) is 4.92 Å². The lowest BCUT2D eigenvalue weighted by atomic mass is 10.1. The van der Waals surface area contributed by atoms with Crippen LogP contribution < -0.4 is 4.90 Å². The Morgan fingerprint density at radius 1 is 0.875 bits per heavy atom. The van der Waals surface area contributed by atoms with Gasteiger partial charge in [0.2, 0.25) is 5.91 Å². The molecule has 4 aromatic rings. The number of piperazine rings is 1. The van der Waals surface area contributed by atoms with Gasteiger partial charge in [0.1, 0.15) is 0 Å². The molecule has 0 radical (unpaired) electrons.